The second kappa shape index (κ2) is 9.35. The zero-order chi connectivity index (χ0) is 24.9. The lowest BCUT2D eigenvalue weighted by Crippen LogP contribution is -2.55. The van der Waals surface area contributed by atoms with Gasteiger partial charge in [0, 0.05) is 17.3 Å². The minimum atomic E-state index is -0.209. The fourth-order valence-electron chi connectivity index (χ4n) is 8.34. The summed E-state index contributed by atoms with van der Waals surface area (Å²) in [6, 6.07) is 10.4. The number of nitrogens with one attached hydrogen (secondary N) is 1. The van der Waals surface area contributed by atoms with Crippen LogP contribution in [-0.4, -0.2) is 34.3 Å². The Hall–Kier alpha value is -2.63. The molecule has 2 aromatic rings. The smallest absolute Gasteiger partial charge is 0.309 e. The Labute approximate surface area is 214 Å². The fraction of sp³-hybridized carbons (Fsp3) is 0.633. The van der Waals surface area contributed by atoms with Crippen molar-refractivity contribution in [1.82, 2.24) is 15.1 Å². The first-order valence-corrected chi connectivity index (χ1v) is 14.0. The van der Waals surface area contributed by atoms with E-state index in [0.29, 0.717) is 25.3 Å². The number of benzene rings is 1. The topological polar surface area (TPSA) is 73.2 Å². The van der Waals surface area contributed by atoms with Crippen LogP contribution in [0.4, 0.5) is 0 Å². The molecule has 0 spiro atoms. The molecule has 0 aliphatic heterocycles. The molecule has 1 aromatic carbocycles. The lowest BCUT2D eigenvalue weighted by Gasteiger charge is -2.59. The highest BCUT2D eigenvalue weighted by atomic mass is 16.5. The molecule has 1 heterocycles. The molecule has 4 saturated carbocycles. The van der Waals surface area contributed by atoms with E-state index in [9.17, 15) is 9.59 Å². The van der Waals surface area contributed by atoms with Crippen LogP contribution < -0.4 is 5.32 Å². The van der Waals surface area contributed by atoms with Crippen molar-refractivity contribution in [1.29, 1.82) is 0 Å². The summed E-state index contributed by atoms with van der Waals surface area (Å²) in [4.78, 5) is 26.4. The minimum absolute atomic E-state index is 0.0779. The quantitative estimate of drug-likeness (QED) is 0.560. The number of carbonyl (C=O) groups excluding carboxylic acids is 2. The standard InChI is InChI=1S/C30H39N3O3/c1-3-36-29(35)24-9-10-26-25(14-24)27(32-33(26)18-20-7-5-4-6-8-20)28(34)31-19(2)30-15-21-11-22(16-30)13-23(12-21)17-30/h4-8,19,21-24H,3,9-18H2,1-2H3,(H,31,34). The molecule has 36 heavy (non-hydrogen) atoms. The van der Waals surface area contributed by atoms with Crippen molar-refractivity contribution in [2.24, 2.45) is 29.1 Å². The normalized spacial score (nSPS) is 31.1. The average molecular weight is 490 g/mol. The van der Waals surface area contributed by atoms with Crippen molar-refractivity contribution >= 4 is 11.9 Å². The summed E-state index contributed by atoms with van der Waals surface area (Å²) >= 11 is 0. The van der Waals surface area contributed by atoms with Gasteiger partial charge in [-0.3, -0.25) is 14.3 Å². The maximum absolute atomic E-state index is 13.8. The largest absolute Gasteiger partial charge is 0.466 e. The van der Waals surface area contributed by atoms with Gasteiger partial charge in [-0.15, -0.1) is 0 Å². The van der Waals surface area contributed by atoms with E-state index in [0.717, 1.165) is 47.4 Å². The molecule has 1 N–H and O–H groups in total. The van der Waals surface area contributed by atoms with Crippen LogP contribution in [0.5, 0.6) is 0 Å². The van der Waals surface area contributed by atoms with Crippen molar-refractivity contribution < 1.29 is 14.3 Å². The molecule has 7 rings (SSSR count). The molecule has 0 radical (unpaired) electrons. The van der Waals surface area contributed by atoms with Crippen LogP contribution in [0, 0.1) is 29.1 Å². The van der Waals surface area contributed by atoms with Crippen molar-refractivity contribution in [3.8, 4) is 0 Å². The van der Waals surface area contributed by atoms with Gasteiger partial charge < -0.3 is 10.1 Å². The molecule has 4 bridgehead atoms. The summed E-state index contributed by atoms with van der Waals surface area (Å²) in [7, 11) is 0. The maximum atomic E-state index is 13.8. The highest BCUT2D eigenvalue weighted by molar-refractivity contribution is 5.94. The Morgan fingerprint density at radius 2 is 1.78 bits per heavy atom. The molecule has 5 aliphatic rings. The fourth-order valence-corrected chi connectivity index (χ4v) is 8.34. The van der Waals surface area contributed by atoms with Crippen molar-refractivity contribution in [2.75, 3.05) is 6.61 Å². The van der Waals surface area contributed by atoms with Gasteiger partial charge in [0.1, 0.15) is 0 Å². The predicted octanol–water partition coefficient (Wildman–Crippen LogP) is 4.93. The molecule has 192 valence electrons. The van der Waals surface area contributed by atoms with Crippen molar-refractivity contribution in [3.63, 3.8) is 0 Å². The summed E-state index contributed by atoms with van der Waals surface area (Å²) in [5.41, 5.74) is 3.93. The first-order chi connectivity index (χ1) is 17.4. The number of ether oxygens (including phenoxy) is 1. The number of carbonyl (C=O) groups is 2. The Bertz CT molecular complexity index is 1100. The SMILES string of the molecule is CCOC(=O)C1CCc2c(c(C(=O)NC(C)C34CC5CC(CC(C5)C3)C4)nn2Cc2ccccc2)C1. The number of rotatable bonds is 7. The van der Waals surface area contributed by atoms with E-state index in [2.05, 4.69) is 24.4 Å². The number of aromatic nitrogens is 2. The van der Waals surface area contributed by atoms with Crippen LogP contribution in [0.1, 0.15) is 86.1 Å². The number of nitrogens with zero attached hydrogens (tertiary/aromatic N) is 2. The van der Waals surface area contributed by atoms with Gasteiger partial charge in [0.25, 0.3) is 5.91 Å². The summed E-state index contributed by atoms with van der Waals surface area (Å²) in [5.74, 6) is 2.09. The summed E-state index contributed by atoms with van der Waals surface area (Å²) in [6.07, 6.45) is 9.94. The Balaban J connectivity index is 1.26. The highest BCUT2D eigenvalue weighted by Gasteiger charge is 2.53. The summed E-state index contributed by atoms with van der Waals surface area (Å²) < 4.78 is 7.33. The highest BCUT2D eigenvalue weighted by Crippen LogP contribution is 2.61. The third-order valence-corrected chi connectivity index (χ3v) is 9.71. The lowest BCUT2D eigenvalue weighted by molar-refractivity contribution is -0.148. The molecule has 4 fully saturated rings. The van der Waals surface area contributed by atoms with Crippen LogP contribution in [0.2, 0.25) is 0 Å². The van der Waals surface area contributed by atoms with Gasteiger partial charge in [-0.25, -0.2) is 0 Å². The lowest BCUT2D eigenvalue weighted by atomic mass is 9.48. The second-order valence-corrected chi connectivity index (χ2v) is 12.1. The number of esters is 1. The first kappa shape index (κ1) is 23.7. The van der Waals surface area contributed by atoms with Gasteiger partial charge in [0.2, 0.25) is 0 Å². The van der Waals surface area contributed by atoms with E-state index in [1.54, 1.807) is 0 Å². The molecule has 2 unspecified atom stereocenters. The van der Waals surface area contributed by atoms with E-state index in [1.165, 1.54) is 38.5 Å². The molecule has 1 aromatic heterocycles. The van der Waals surface area contributed by atoms with E-state index in [1.807, 2.05) is 29.8 Å². The van der Waals surface area contributed by atoms with Gasteiger partial charge >= 0.3 is 5.97 Å². The van der Waals surface area contributed by atoms with Gasteiger partial charge in [0.05, 0.1) is 19.1 Å². The van der Waals surface area contributed by atoms with E-state index >= 15 is 0 Å². The Morgan fingerprint density at radius 1 is 1.11 bits per heavy atom. The number of fused-ring (bicyclic) bond motifs is 1. The molecule has 1 amide bonds. The predicted molar refractivity (Wildman–Crippen MR) is 137 cm³/mol. The zero-order valence-corrected chi connectivity index (χ0v) is 21.7. The van der Waals surface area contributed by atoms with Crippen LogP contribution in [0.3, 0.4) is 0 Å². The van der Waals surface area contributed by atoms with E-state index < -0.39 is 0 Å². The molecular weight excluding hydrogens is 450 g/mol. The molecule has 0 saturated heterocycles. The minimum Gasteiger partial charge on any atom is -0.466 e. The number of amides is 1. The van der Waals surface area contributed by atoms with Gasteiger partial charge in [0.15, 0.2) is 5.69 Å². The Kier molecular flexibility index (Phi) is 6.17. The Morgan fingerprint density at radius 3 is 2.42 bits per heavy atom. The van der Waals surface area contributed by atoms with Crippen LogP contribution >= 0.6 is 0 Å². The van der Waals surface area contributed by atoms with Crippen LogP contribution in [-0.2, 0) is 28.9 Å². The van der Waals surface area contributed by atoms with Crippen molar-refractivity contribution in [2.45, 2.75) is 84.2 Å². The zero-order valence-electron chi connectivity index (χ0n) is 21.7. The third-order valence-electron chi connectivity index (χ3n) is 9.71. The summed E-state index contributed by atoms with van der Waals surface area (Å²) in [6.45, 7) is 5.07. The van der Waals surface area contributed by atoms with Crippen LogP contribution in [0.15, 0.2) is 30.3 Å². The van der Waals surface area contributed by atoms with Crippen molar-refractivity contribution in [3.05, 3.63) is 52.8 Å². The molecular formula is C30H39N3O3. The van der Waals surface area contributed by atoms with Crippen LogP contribution in [0.25, 0.3) is 0 Å². The third kappa shape index (κ3) is 4.26. The average Bonchev–Trinajstić information content (AvgIpc) is 3.21. The number of hydrogen-bond donors (Lipinski definition) is 1. The van der Waals surface area contributed by atoms with E-state index in [-0.39, 0.29) is 29.3 Å². The monoisotopic (exact) mass is 489 g/mol. The molecule has 6 heteroatoms. The maximum Gasteiger partial charge on any atom is 0.309 e. The number of hydrogen-bond acceptors (Lipinski definition) is 4. The van der Waals surface area contributed by atoms with Gasteiger partial charge in [-0.05, 0) is 100 Å². The van der Waals surface area contributed by atoms with E-state index in [4.69, 9.17) is 9.84 Å². The molecule has 5 aliphatic carbocycles. The second-order valence-electron chi connectivity index (χ2n) is 12.1. The van der Waals surface area contributed by atoms with Gasteiger partial charge in [-0.2, -0.15) is 5.10 Å². The molecule has 2 atom stereocenters. The van der Waals surface area contributed by atoms with Gasteiger partial charge in [-0.1, -0.05) is 30.3 Å². The molecule has 6 nitrogen and oxygen atoms in total. The first-order valence-electron chi connectivity index (χ1n) is 14.0. The summed E-state index contributed by atoms with van der Waals surface area (Å²) in [5, 5.41) is 8.30.